The van der Waals surface area contributed by atoms with Crippen molar-refractivity contribution in [2.45, 2.75) is 26.4 Å². The molecule has 0 radical (unpaired) electrons. The monoisotopic (exact) mass is 209 g/mol. The van der Waals surface area contributed by atoms with Crippen LogP contribution in [0.4, 0.5) is 0 Å². The summed E-state index contributed by atoms with van der Waals surface area (Å²) in [6.07, 6.45) is 3.07. The molecule has 84 valence electrons. The molecule has 1 aliphatic rings. The average molecular weight is 209 g/mol. The van der Waals surface area contributed by atoms with E-state index in [1.54, 1.807) is 0 Å². The number of aromatic amines is 1. The summed E-state index contributed by atoms with van der Waals surface area (Å²) in [4.78, 5) is 7.71. The van der Waals surface area contributed by atoms with Gasteiger partial charge in [0, 0.05) is 25.0 Å². The highest BCUT2D eigenvalue weighted by molar-refractivity contribution is 5.05. The second-order valence-corrected chi connectivity index (χ2v) is 4.46. The molecule has 0 aromatic carbocycles. The number of nitrogens with zero attached hydrogens (tertiary/aromatic N) is 1. The molecule has 2 rings (SSSR count). The summed E-state index contributed by atoms with van der Waals surface area (Å²) >= 11 is 0. The van der Waals surface area contributed by atoms with Crippen LogP contribution in [-0.4, -0.2) is 29.7 Å². The second-order valence-electron chi connectivity index (χ2n) is 4.46. The number of hydrogen-bond donors (Lipinski definition) is 2. The first-order chi connectivity index (χ1) is 7.25. The fourth-order valence-corrected chi connectivity index (χ4v) is 1.82. The summed E-state index contributed by atoms with van der Waals surface area (Å²) in [5.74, 6) is 1.61. The zero-order valence-corrected chi connectivity index (χ0v) is 9.42. The summed E-state index contributed by atoms with van der Waals surface area (Å²) in [6.45, 7) is 6.98. The van der Waals surface area contributed by atoms with Crippen LogP contribution in [-0.2, 0) is 11.2 Å². The highest BCUT2D eigenvalue weighted by atomic mass is 16.5. The largest absolute Gasteiger partial charge is 0.368 e. The number of imidazole rings is 1. The third-order valence-corrected chi connectivity index (χ3v) is 2.51. The lowest BCUT2D eigenvalue weighted by Crippen LogP contribution is -2.33. The molecular weight excluding hydrogens is 190 g/mol. The van der Waals surface area contributed by atoms with Crippen molar-refractivity contribution in [2.75, 3.05) is 19.7 Å². The second kappa shape index (κ2) is 4.77. The van der Waals surface area contributed by atoms with E-state index in [0.717, 1.165) is 31.9 Å². The number of H-pyrrole nitrogens is 1. The fraction of sp³-hybridized carbons (Fsp3) is 0.727. The Balaban J connectivity index is 1.99. The van der Waals surface area contributed by atoms with Gasteiger partial charge < -0.3 is 15.0 Å². The molecule has 0 bridgehead atoms. The summed E-state index contributed by atoms with van der Waals surface area (Å²) in [5.41, 5.74) is 1.20. The number of aromatic nitrogens is 2. The molecule has 1 atom stereocenters. The van der Waals surface area contributed by atoms with Crippen LogP contribution in [0.5, 0.6) is 0 Å². The highest BCUT2D eigenvalue weighted by Gasteiger charge is 2.18. The maximum absolute atomic E-state index is 5.63. The number of hydrogen-bond acceptors (Lipinski definition) is 3. The number of ether oxygens (including phenoxy) is 1. The molecule has 15 heavy (non-hydrogen) atoms. The number of nitrogens with one attached hydrogen (secondary N) is 2. The molecule has 4 nitrogen and oxygen atoms in total. The fourth-order valence-electron chi connectivity index (χ4n) is 1.82. The molecule has 1 fully saturated rings. The lowest BCUT2D eigenvalue weighted by Gasteiger charge is -2.21. The van der Waals surface area contributed by atoms with Crippen LogP contribution in [0.25, 0.3) is 0 Å². The average Bonchev–Trinajstić information content (AvgIpc) is 2.67. The van der Waals surface area contributed by atoms with Crippen molar-refractivity contribution in [3.63, 3.8) is 0 Å². The van der Waals surface area contributed by atoms with Crippen LogP contribution < -0.4 is 5.32 Å². The smallest absolute Gasteiger partial charge is 0.136 e. The first kappa shape index (κ1) is 10.6. The molecule has 2 N–H and O–H groups in total. The van der Waals surface area contributed by atoms with E-state index in [4.69, 9.17) is 4.74 Å². The first-order valence-electron chi connectivity index (χ1n) is 5.62. The van der Waals surface area contributed by atoms with E-state index in [-0.39, 0.29) is 6.10 Å². The summed E-state index contributed by atoms with van der Waals surface area (Å²) in [7, 11) is 0. The predicted molar refractivity (Wildman–Crippen MR) is 58.7 cm³/mol. The lowest BCUT2D eigenvalue weighted by atomic mass is 10.1. The Morgan fingerprint density at radius 2 is 2.47 bits per heavy atom. The van der Waals surface area contributed by atoms with Crippen molar-refractivity contribution < 1.29 is 4.74 Å². The normalized spacial score (nSPS) is 22.2. The Bertz CT molecular complexity index is 303. The van der Waals surface area contributed by atoms with Crippen LogP contribution in [0.15, 0.2) is 6.20 Å². The minimum absolute atomic E-state index is 0.0969. The Kier molecular flexibility index (Phi) is 3.38. The molecule has 2 heterocycles. The number of morpholine rings is 1. The SMILES string of the molecule is CC(C)Cc1cnc(C2CNCCO2)[nH]1. The van der Waals surface area contributed by atoms with E-state index in [1.165, 1.54) is 5.69 Å². The third kappa shape index (κ3) is 2.79. The van der Waals surface area contributed by atoms with E-state index in [2.05, 4.69) is 29.1 Å². The zero-order chi connectivity index (χ0) is 10.7. The molecule has 4 heteroatoms. The Morgan fingerprint density at radius 3 is 3.13 bits per heavy atom. The van der Waals surface area contributed by atoms with Crippen LogP contribution >= 0.6 is 0 Å². The molecular formula is C11H19N3O. The molecule has 1 aliphatic heterocycles. The molecule has 0 amide bonds. The quantitative estimate of drug-likeness (QED) is 0.788. The van der Waals surface area contributed by atoms with Gasteiger partial charge in [-0.3, -0.25) is 0 Å². The molecule has 0 spiro atoms. The topological polar surface area (TPSA) is 49.9 Å². The van der Waals surface area contributed by atoms with E-state index >= 15 is 0 Å². The molecule has 0 saturated carbocycles. The van der Waals surface area contributed by atoms with Gasteiger partial charge in [-0.2, -0.15) is 0 Å². The van der Waals surface area contributed by atoms with Gasteiger partial charge in [-0.05, 0) is 12.3 Å². The first-order valence-corrected chi connectivity index (χ1v) is 5.62. The standard InChI is InChI=1S/C11H19N3O/c1-8(2)5-9-6-13-11(14-9)10-7-12-3-4-15-10/h6,8,10,12H,3-5,7H2,1-2H3,(H,13,14). The zero-order valence-electron chi connectivity index (χ0n) is 9.42. The summed E-state index contributed by atoms with van der Waals surface area (Å²) in [6, 6.07) is 0. The van der Waals surface area contributed by atoms with Gasteiger partial charge in [-0.1, -0.05) is 13.8 Å². The third-order valence-electron chi connectivity index (χ3n) is 2.51. The van der Waals surface area contributed by atoms with Gasteiger partial charge in [0.1, 0.15) is 11.9 Å². The van der Waals surface area contributed by atoms with Gasteiger partial charge in [-0.25, -0.2) is 4.98 Å². The van der Waals surface area contributed by atoms with Crippen molar-refractivity contribution in [2.24, 2.45) is 5.92 Å². The predicted octanol–water partition coefficient (Wildman–Crippen LogP) is 1.27. The van der Waals surface area contributed by atoms with Gasteiger partial charge >= 0.3 is 0 Å². The van der Waals surface area contributed by atoms with E-state index in [0.29, 0.717) is 5.92 Å². The Morgan fingerprint density at radius 1 is 1.60 bits per heavy atom. The molecule has 0 aliphatic carbocycles. The van der Waals surface area contributed by atoms with E-state index in [9.17, 15) is 0 Å². The van der Waals surface area contributed by atoms with Crippen LogP contribution in [0, 0.1) is 5.92 Å². The van der Waals surface area contributed by atoms with Gasteiger partial charge in [0.2, 0.25) is 0 Å². The van der Waals surface area contributed by atoms with Crippen molar-refractivity contribution >= 4 is 0 Å². The number of rotatable bonds is 3. The van der Waals surface area contributed by atoms with Crippen molar-refractivity contribution in [3.8, 4) is 0 Å². The van der Waals surface area contributed by atoms with Crippen molar-refractivity contribution in [1.29, 1.82) is 0 Å². The van der Waals surface area contributed by atoms with Gasteiger partial charge in [0.05, 0.1) is 6.61 Å². The van der Waals surface area contributed by atoms with Crippen LogP contribution in [0.2, 0.25) is 0 Å². The lowest BCUT2D eigenvalue weighted by molar-refractivity contribution is 0.0226. The Labute approximate surface area is 90.4 Å². The van der Waals surface area contributed by atoms with Crippen molar-refractivity contribution in [3.05, 3.63) is 17.7 Å². The summed E-state index contributed by atoms with van der Waals surface area (Å²) in [5, 5.41) is 3.30. The van der Waals surface area contributed by atoms with Gasteiger partial charge in [-0.15, -0.1) is 0 Å². The maximum atomic E-state index is 5.63. The Hall–Kier alpha value is -0.870. The van der Waals surface area contributed by atoms with Gasteiger partial charge in [0.15, 0.2) is 0 Å². The minimum atomic E-state index is 0.0969. The minimum Gasteiger partial charge on any atom is -0.368 e. The van der Waals surface area contributed by atoms with E-state index < -0.39 is 0 Å². The van der Waals surface area contributed by atoms with Crippen LogP contribution in [0.3, 0.4) is 0 Å². The molecule has 1 aromatic heterocycles. The van der Waals surface area contributed by atoms with Crippen molar-refractivity contribution in [1.82, 2.24) is 15.3 Å². The maximum Gasteiger partial charge on any atom is 0.136 e. The van der Waals surface area contributed by atoms with Gasteiger partial charge in [0.25, 0.3) is 0 Å². The van der Waals surface area contributed by atoms with E-state index in [1.807, 2.05) is 6.20 Å². The highest BCUT2D eigenvalue weighted by Crippen LogP contribution is 2.16. The molecule has 1 aromatic rings. The molecule has 1 unspecified atom stereocenters. The van der Waals surface area contributed by atoms with Crippen LogP contribution in [0.1, 0.15) is 31.5 Å². The summed E-state index contributed by atoms with van der Waals surface area (Å²) < 4.78 is 5.63. The molecule has 1 saturated heterocycles.